The highest BCUT2D eigenvalue weighted by Crippen LogP contribution is 2.22. The second-order valence-electron chi connectivity index (χ2n) is 6.28. The molecule has 29 heavy (non-hydrogen) atoms. The average molecular weight is 408 g/mol. The average Bonchev–Trinajstić information content (AvgIpc) is 3.19. The number of benzene rings is 2. The first-order valence-electron chi connectivity index (χ1n) is 8.94. The van der Waals surface area contributed by atoms with Crippen LogP contribution in [-0.2, 0) is 11.4 Å². The second kappa shape index (κ2) is 9.75. The zero-order chi connectivity index (χ0) is 20.6. The lowest BCUT2D eigenvalue weighted by Gasteiger charge is -2.18. The summed E-state index contributed by atoms with van der Waals surface area (Å²) in [4.78, 5) is 14.0. The number of aryl methyl sites for hydroxylation is 2. The Kier molecular flexibility index (Phi) is 6.87. The number of amides is 1. The van der Waals surface area contributed by atoms with Crippen LogP contribution in [0.1, 0.15) is 17.0 Å². The van der Waals surface area contributed by atoms with Crippen LogP contribution in [0.25, 0.3) is 0 Å². The van der Waals surface area contributed by atoms with E-state index in [0.29, 0.717) is 11.6 Å². The first-order valence-corrected chi connectivity index (χ1v) is 9.93. The van der Waals surface area contributed by atoms with Gasteiger partial charge < -0.3 is 9.15 Å². The smallest absolute Gasteiger partial charge is 0.277 e. The van der Waals surface area contributed by atoms with Gasteiger partial charge in [-0.1, -0.05) is 42.1 Å². The predicted octanol–water partition coefficient (Wildman–Crippen LogP) is 3.91. The van der Waals surface area contributed by atoms with Crippen LogP contribution >= 0.6 is 11.8 Å². The van der Waals surface area contributed by atoms with E-state index in [1.54, 1.807) is 12.1 Å². The molecule has 0 radical (unpaired) electrons. The van der Waals surface area contributed by atoms with Crippen molar-refractivity contribution in [2.24, 2.45) is 0 Å². The van der Waals surface area contributed by atoms with E-state index in [1.807, 2.05) is 56.3 Å². The third-order valence-electron chi connectivity index (χ3n) is 4.06. The van der Waals surface area contributed by atoms with E-state index in [0.717, 1.165) is 28.6 Å². The molecular formula is C21H20N4O3S. The predicted molar refractivity (Wildman–Crippen MR) is 110 cm³/mol. The maximum atomic E-state index is 12.5. The number of ether oxygens (including phenoxy) is 1. The maximum Gasteiger partial charge on any atom is 0.277 e. The van der Waals surface area contributed by atoms with Gasteiger partial charge >= 0.3 is 0 Å². The fraction of sp³-hybridized carbons (Fsp3) is 0.238. The molecule has 1 heterocycles. The number of anilines is 1. The maximum absolute atomic E-state index is 12.5. The largest absolute Gasteiger partial charge is 0.484 e. The van der Waals surface area contributed by atoms with Crippen LogP contribution in [0.5, 0.6) is 5.75 Å². The molecule has 7 nitrogen and oxygen atoms in total. The van der Waals surface area contributed by atoms with E-state index in [2.05, 4.69) is 10.2 Å². The standard InChI is InChI=1S/C21H20N4O3S/c1-15-8-9-16(2)18(12-15)27-13-19-23-24-21(28-19)29-14-20(26)25(11-10-22)17-6-4-3-5-7-17/h3-9,12H,11,13-14H2,1-2H3. The van der Waals surface area contributed by atoms with Crippen molar-refractivity contribution in [2.75, 3.05) is 17.2 Å². The highest BCUT2D eigenvalue weighted by atomic mass is 32.2. The van der Waals surface area contributed by atoms with Gasteiger partial charge in [0.2, 0.25) is 5.91 Å². The lowest BCUT2D eigenvalue weighted by molar-refractivity contribution is -0.116. The fourth-order valence-electron chi connectivity index (χ4n) is 2.56. The van der Waals surface area contributed by atoms with Crippen LogP contribution < -0.4 is 9.64 Å². The van der Waals surface area contributed by atoms with Gasteiger partial charge in [0.1, 0.15) is 12.3 Å². The van der Waals surface area contributed by atoms with Gasteiger partial charge in [-0.05, 0) is 43.2 Å². The molecule has 3 rings (SSSR count). The molecule has 1 amide bonds. The molecule has 3 aromatic rings. The lowest BCUT2D eigenvalue weighted by atomic mass is 10.1. The number of hydrogen-bond acceptors (Lipinski definition) is 7. The summed E-state index contributed by atoms with van der Waals surface area (Å²) in [6.07, 6.45) is 0. The summed E-state index contributed by atoms with van der Waals surface area (Å²) < 4.78 is 11.3. The number of nitriles is 1. The van der Waals surface area contributed by atoms with Crippen LogP contribution in [0.4, 0.5) is 5.69 Å². The number of aromatic nitrogens is 2. The highest BCUT2D eigenvalue weighted by Gasteiger charge is 2.17. The molecule has 0 spiro atoms. The molecule has 0 saturated carbocycles. The minimum atomic E-state index is -0.214. The molecule has 0 atom stereocenters. The Morgan fingerprint density at radius 2 is 2.00 bits per heavy atom. The Balaban J connectivity index is 1.56. The normalized spacial score (nSPS) is 10.4. The van der Waals surface area contributed by atoms with Gasteiger partial charge in [0, 0.05) is 5.69 Å². The lowest BCUT2D eigenvalue weighted by Crippen LogP contribution is -2.32. The van der Waals surface area contributed by atoms with E-state index < -0.39 is 0 Å². The number of para-hydroxylation sites is 1. The van der Waals surface area contributed by atoms with Crippen LogP contribution in [0.3, 0.4) is 0 Å². The van der Waals surface area contributed by atoms with Gasteiger partial charge in [0.05, 0.1) is 11.8 Å². The van der Waals surface area contributed by atoms with Crippen LogP contribution in [0, 0.1) is 25.2 Å². The van der Waals surface area contributed by atoms with E-state index >= 15 is 0 Å². The third-order valence-corrected chi connectivity index (χ3v) is 4.86. The summed E-state index contributed by atoms with van der Waals surface area (Å²) >= 11 is 1.13. The Hall–Kier alpha value is -3.31. The molecule has 0 N–H and O–H groups in total. The van der Waals surface area contributed by atoms with Gasteiger partial charge in [-0.2, -0.15) is 5.26 Å². The molecule has 0 aliphatic heterocycles. The minimum absolute atomic E-state index is 0.0256. The highest BCUT2D eigenvalue weighted by molar-refractivity contribution is 7.99. The molecule has 0 aliphatic carbocycles. The molecule has 148 valence electrons. The monoisotopic (exact) mass is 408 g/mol. The van der Waals surface area contributed by atoms with Crippen LogP contribution in [0.15, 0.2) is 58.2 Å². The van der Waals surface area contributed by atoms with Gasteiger partial charge in [0.15, 0.2) is 6.61 Å². The summed E-state index contributed by atoms with van der Waals surface area (Å²) in [6, 6.07) is 17.0. The second-order valence-corrected chi connectivity index (χ2v) is 7.21. The van der Waals surface area contributed by atoms with Crippen molar-refractivity contribution in [3.05, 3.63) is 65.5 Å². The molecule has 0 aliphatic rings. The summed E-state index contributed by atoms with van der Waals surface area (Å²) in [6.45, 7) is 4.09. The van der Waals surface area contributed by atoms with E-state index in [4.69, 9.17) is 14.4 Å². The molecule has 0 unspecified atom stereocenters. The van der Waals surface area contributed by atoms with E-state index in [1.165, 1.54) is 4.90 Å². The van der Waals surface area contributed by atoms with Crippen molar-refractivity contribution in [1.29, 1.82) is 5.26 Å². The van der Waals surface area contributed by atoms with E-state index in [9.17, 15) is 4.79 Å². The van der Waals surface area contributed by atoms with Gasteiger partial charge in [-0.25, -0.2) is 0 Å². The number of thioether (sulfide) groups is 1. The molecule has 8 heteroatoms. The number of carbonyl (C=O) groups is 1. The Labute approximate surface area is 173 Å². The zero-order valence-electron chi connectivity index (χ0n) is 16.2. The fourth-order valence-corrected chi connectivity index (χ4v) is 3.22. The molecule has 0 bridgehead atoms. The van der Waals surface area contributed by atoms with Crippen molar-refractivity contribution >= 4 is 23.4 Å². The summed E-state index contributed by atoms with van der Waals surface area (Å²) in [7, 11) is 0. The SMILES string of the molecule is Cc1ccc(C)c(OCc2nnc(SCC(=O)N(CC#N)c3ccccc3)o2)c1. The van der Waals surface area contributed by atoms with Crippen molar-refractivity contribution < 1.29 is 13.9 Å². The van der Waals surface area contributed by atoms with Crippen LogP contribution in [-0.4, -0.2) is 28.4 Å². The van der Waals surface area contributed by atoms with Crippen LogP contribution in [0.2, 0.25) is 0 Å². The Morgan fingerprint density at radius 1 is 1.21 bits per heavy atom. The molecule has 1 aromatic heterocycles. The Morgan fingerprint density at radius 3 is 2.76 bits per heavy atom. The molecule has 0 fully saturated rings. The third kappa shape index (κ3) is 5.59. The van der Waals surface area contributed by atoms with Crippen molar-refractivity contribution in [1.82, 2.24) is 10.2 Å². The first-order chi connectivity index (χ1) is 14.1. The number of rotatable bonds is 8. The number of hydrogen-bond donors (Lipinski definition) is 0. The summed E-state index contributed by atoms with van der Waals surface area (Å²) in [5.41, 5.74) is 2.80. The van der Waals surface area contributed by atoms with Gasteiger partial charge in [-0.3, -0.25) is 9.69 Å². The minimum Gasteiger partial charge on any atom is -0.484 e. The first kappa shape index (κ1) is 20.4. The van der Waals surface area contributed by atoms with Crippen molar-refractivity contribution in [3.63, 3.8) is 0 Å². The Bertz CT molecular complexity index is 1010. The molecule has 0 saturated heterocycles. The van der Waals surface area contributed by atoms with Crippen molar-refractivity contribution in [3.8, 4) is 11.8 Å². The quantitative estimate of drug-likeness (QED) is 0.412. The zero-order valence-corrected chi connectivity index (χ0v) is 17.0. The van der Waals surface area contributed by atoms with Gasteiger partial charge in [0.25, 0.3) is 11.1 Å². The molecule has 2 aromatic carbocycles. The summed E-state index contributed by atoms with van der Waals surface area (Å²) in [5.74, 6) is 0.963. The van der Waals surface area contributed by atoms with E-state index in [-0.39, 0.29) is 30.0 Å². The number of carbonyl (C=O) groups excluding carboxylic acids is 1. The van der Waals surface area contributed by atoms with Gasteiger partial charge in [-0.15, -0.1) is 10.2 Å². The topological polar surface area (TPSA) is 92.3 Å². The molecular weight excluding hydrogens is 388 g/mol. The number of nitrogens with zero attached hydrogens (tertiary/aromatic N) is 4. The summed E-state index contributed by atoms with van der Waals surface area (Å²) in [5, 5.41) is 17.2. The van der Waals surface area contributed by atoms with Crippen molar-refractivity contribution in [2.45, 2.75) is 25.7 Å².